The molecule has 24 heteroatoms. The number of alkyl halides is 2. The van der Waals surface area contributed by atoms with E-state index in [0.29, 0.717) is 42.2 Å². The van der Waals surface area contributed by atoms with Crippen LogP contribution in [0.25, 0.3) is 22.3 Å². The highest BCUT2D eigenvalue weighted by Gasteiger charge is 2.49. The van der Waals surface area contributed by atoms with Crippen LogP contribution in [0.3, 0.4) is 0 Å². The molecule has 2 saturated heterocycles. The van der Waals surface area contributed by atoms with Gasteiger partial charge in [0.15, 0.2) is 58.8 Å². The Labute approximate surface area is 288 Å². The van der Waals surface area contributed by atoms with Crippen molar-refractivity contribution in [3.05, 3.63) is 37.5 Å². The van der Waals surface area contributed by atoms with Crippen LogP contribution in [-0.4, -0.2) is 112 Å². The number of hydrogen-bond acceptors (Lipinski definition) is 16. The van der Waals surface area contributed by atoms with E-state index >= 15 is 8.78 Å². The molecule has 2 aliphatic heterocycles. The fourth-order valence-electron chi connectivity index (χ4n) is 5.61. The van der Waals surface area contributed by atoms with Crippen LogP contribution < -0.4 is 10.6 Å². The first-order valence-corrected chi connectivity index (χ1v) is 20.0. The minimum atomic E-state index is -2.79. The molecule has 0 aromatic carbocycles. The number of nitrogens with one attached hydrogen (secondary N) is 2. The maximum Gasteiger partial charge on any atom is 0.243 e. The van der Waals surface area contributed by atoms with Gasteiger partial charge in [-0.15, -0.1) is 0 Å². The van der Waals surface area contributed by atoms with E-state index in [-0.39, 0.29) is 11.3 Å². The average molecular weight is 765 g/mol. The lowest BCUT2D eigenvalue weighted by molar-refractivity contribution is -0.0427. The highest BCUT2D eigenvalue weighted by Crippen LogP contribution is 2.42. The summed E-state index contributed by atoms with van der Waals surface area (Å²) in [5.41, 5.74) is 1.31. The van der Waals surface area contributed by atoms with Crippen LogP contribution in [-0.2, 0) is 27.7 Å². The molecule has 10 atom stereocenters. The van der Waals surface area contributed by atoms with E-state index < -0.39 is 76.9 Å². The molecule has 2 aliphatic rings. The van der Waals surface area contributed by atoms with Gasteiger partial charge in [-0.05, 0) is 6.42 Å². The van der Waals surface area contributed by atoms with Crippen molar-refractivity contribution in [2.45, 2.75) is 55.6 Å². The fraction of sp³-hybridized carbons (Fsp3) is 0.520. The van der Waals surface area contributed by atoms with Gasteiger partial charge in [-0.2, -0.15) is 0 Å². The molecule has 0 amide bonds. The van der Waals surface area contributed by atoms with Crippen molar-refractivity contribution in [3.63, 3.8) is 0 Å². The lowest BCUT2D eigenvalue weighted by atomic mass is 10.1. The Balaban J connectivity index is 1.03. The van der Waals surface area contributed by atoms with Gasteiger partial charge in [-0.3, -0.25) is 18.3 Å². The van der Waals surface area contributed by atoms with Gasteiger partial charge in [0.1, 0.15) is 37.1 Å². The summed E-state index contributed by atoms with van der Waals surface area (Å²) in [5.74, 6) is 0.815. The molecular formula is C25H32F2N10O8P2S2. The second-order valence-electron chi connectivity index (χ2n) is 10.7. The molecule has 4 aromatic rings. The van der Waals surface area contributed by atoms with Crippen molar-refractivity contribution in [2.24, 2.45) is 0 Å². The first-order valence-electron chi connectivity index (χ1n) is 14.8. The molecule has 4 N–H and O–H groups in total. The zero-order valence-corrected chi connectivity index (χ0v) is 29.0. The highest BCUT2D eigenvalue weighted by molar-refractivity contribution is 8.39. The predicted octanol–water partition coefficient (Wildman–Crippen LogP) is 2.30. The minimum Gasteiger partial charge on any atom is -0.394 e. The zero-order chi connectivity index (χ0) is 34.7. The van der Waals surface area contributed by atoms with Gasteiger partial charge in [0.25, 0.3) is 0 Å². The molecular weight excluding hydrogens is 732 g/mol. The number of aliphatic hydroxyl groups is 2. The van der Waals surface area contributed by atoms with Crippen LogP contribution in [0.4, 0.5) is 20.4 Å². The lowest BCUT2D eigenvalue weighted by Gasteiger charge is -2.16. The summed E-state index contributed by atoms with van der Waals surface area (Å²) in [4.78, 5) is 25.6. The summed E-state index contributed by atoms with van der Waals surface area (Å²) in [5, 5.41) is 25.5. The summed E-state index contributed by atoms with van der Waals surface area (Å²) >= 11 is 7.43. The number of aliphatic hydroxyl groups excluding tert-OH is 2. The topological polar surface area (TPSA) is 223 Å². The van der Waals surface area contributed by atoms with Crippen LogP contribution in [0.1, 0.15) is 18.9 Å². The van der Waals surface area contributed by atoms with Crippen LogP contribution >= 0.6 is 39.0 Å². The van der Waals surface area contributed by atoms with Gasteiger partial charge in [0.05, 0.1) is 25.9 Å². The average Bonchev–Trinajstić information content (AvgIpc) is 3.85. The molecule has 266 valence electrons. The van der Waals surface area contributed by atoms with E-state index in [1.807, 2.05) is 12.2 Å². The molecule has 6 rings (SSSR count). The lowest BCUT2D eigenvalue weighted by Crippen LogP contribution is -2.31. The molecule has 0 aliphatic carbocycles. The van der Waals surface area contributed by atoms with Gasteiger partial charge in [-0.1, -0.05) is 36.6 Å². The van der Waals surface area contributed by atoms with E-state index in [0.717, 1.165) is 0 Å². The maximum atomic E-state index is 15.2. The molecule has 0 spiro atoms. The summed E-state index contributed by atoms with van der Waals surface area (Å²) in [7, 11) is -5.57. The van der Waals surface area contributed by atoms with E-state index in [1.54, 1.807) is 0 Å². The third kappa shape index (κ3) is 7.63. The molecule has 4 aromatic heterocycles. The number of fused-ring (bicyclic) bond motifs is 2. The molecule has 6 heterocycles. The zero-order valence-electron chi connectivity index (χ0n) is 25.2. The Morgan fingerprint density at radius 1 is 0.796 bits per heavy atom. The molecule has 0 bridgehead atoms. The maximum absolute atomic E-state index is 15.2. The second-order valence-corrected chi connectivity index (χ2v) is 14.5. The Hall–Kier alpha value is -2.78. The van der Waals surface area contributed by atoms with Gasteiger partial charge in [0, 0.05) is 13.1 Å². The number of hydrogen-bond donors (Lipinski definition) is 6. The minimum absolute atomic E-state index is 0.283. The monoisotopic (exact) mass is 764 g/mol. The van der Waals surface area contributed by atoms with Gasteiger partial charge in [-0.25, -0.2) is 38.7 Å². The molecule has 3 unspecified atom stereocenters. The van der Waals surface area contributed by atoms with Crippen molar-refractivity contribution in [1.82, 2.24) is 39.0 Å². The summed E-state index contributed by atoms with van der Waals surface area (Å²) < 4.78 is 77.6. The van der Waals surface area contributed by atoms with Crippen molar-refractivity contribution in [1.29, 1.82) is 0 Å². The quantitative estimate of drug-likeness (QED) is 0.0442. The number of halogens is 2. The number of anilines is 2. The molecule has 2 fully saturated rings. The van der Waals surface area contributed by atoms with E-state index in [2.05, 4.69) is 65.0 Å². The van der Waals surface area contributed by atoms with E-state index in [1.165, 1.54) is 34.4 Å². The molecule has 0 radical (unpaired) electrons. The largest absolute Gasteiger partial charge is 0.394 e. The Bertz CT molecular complexity index is 1840. The van der Waals surface area contributed by atoms with Gasteiger partial charge in [0.2, 0.25) is 14.5 Å². The van der Waals surface area contributed by atoms with Gasteiger partial charge < -0.3 is 39.4 Å². The number of nitrogens with zero attached hydrogens (tertiary/aromatic N) is 8. The predicted molar refractivity (Wildman–Crippen MR) is 179 cm³/mol. The van der Waals surface area contributed by atoms with E-state index in [9.17, 15) is 19.3 Å². The van der Waals surface area contributed by atoms with Crippen LogP contribution in [0.2, 0.25) is 0 Å². The standard InChI is InChI=1S/C25H32F2N10O8P2S2/c26-14-18(44-46(40)48)12(6-38)42-24(14)36-10-34-16-20(30-8-32-22(16)36)28-4-2-1-3-5-29-21-17-23(33-9-31-21)37(11-35-17)25-15(27)19(45-47(41)49)13(7-39)43-25/h1-2,8-15,18-19,24-25,38-39,46-47H,3-7H2,(H,40,48)(H,41,49)(H,28,30,32)(H,29,31,33)/b2-1+/t12-,13?,14-,15-,18-,19-,24-,25-/m1/s1. The van der Waals surface area contributed by atoms with Crippen molar-refractivity contribution >= 4 is 72.9 Å². The number of rotatable bonds is 15. The third-order valence-corrected chi connectivity index (χ3v) is 9.37. The van der Waals surface area contributed by atoms with Crippen molar-refractivity contribution in [3.8, 4) is 0 Å². The normalized spacial score (nSPS) is 28.5. The molecule has 49 heavy (non-hydrogen) atoms. The first kappa shape index (κ1) is 36.0. The Kier molecular flexibility index (Phi) is 11.8. The van der Waals surface area contributed by atoms with Gasteiger partial charge >= 0.3 is 0 Å². The summed E-state index contributed by atoms with van der Waals surface area (Å²) in [6.07, 6.45) is -0.955. The fourth-order valence-corrected chi connectivity index (χ4v) is 7.37. The Morgan fingerprint density at radius 3 is 1.76 bits per heavy atom. The highest BCUT2D eigenvalue weighted by atomic mass is 32.7. The Morgan fingerprint density at radius 2 is 1.29 bits per heavy atom. The van der Waals surface area contributed by atoms with Crippen LogP contribution in [0.5, 0.6) is 0 Å². The summed E-state index contributed by atoms with van der Waals surface area (Å²) in [6, 6.07) is 0. The number of ether oxygens (including phenoxy) is 2. The third-order valence-electron chi connectivity index (χ3n) is 7.79. The number of imidazole rings is 2. The first-order chi connectivity index (χ1) is 23.7. The summed E-state index contributed by atoms with van der Waals surface area (Å²) in [6.45, 7) is -0.245. The van der Waals surface area contributed by atoms with Crippen LogP contribution in [0, 0.1) is 0 Å². The SMILES string of the molecule is O=[PH](S)O[C@H]1[C@@H](F)[C@H](n2cnc3c(NC/C=C/CCNc4ncnc5c4ncn5[C@@H]4OC(CO)[C@@H](O[PH](=O)S)[C@H]4F)ncnc32)O[C@@H]1CO. The molecule has 18 nitrogen and oxygen atoms in total. The number of aromatic nitrogens is 8. The van der Waals surface area contributed by atoms with Crippen molar-refractivity contribution in [2.75, 3.05) is 36.9 Å². The smallest absolute Gasteiger partial charge is 0.243 e. The van der Waals surface area contributed by atoms with Crippen molar-refractivity contribution < 1.29 is 46.6 Å². The van der Waals surface area contributed by atoms with E-state index in [4.69, 9.17) is 18.5 Å². The second kappa shape index (κ2) is 16.1. The number of thiol groups is 2. The molecule has 0 saturated carbocycles. The van der Waals surface area contributed by atoms with Crippen LogP contribution in [0.15, 0.2) is 37.5 Å².